The van der Waals surface area contributed by atoms with Crippen molar-refractivity contribution in [2.45, 2.75) is 26.3 Å². The summed E-state index contributed by atoms with van der Waals surface area (Å²) in [7, 11) is 0. The van der Waals surface area contributed by atoms with Gasteiger partial charge in [-0.15, -0.1) is 0 Å². The highest BCUT2D eigenvalue weighted by atomic mass is 16.2. The Kier molecular flexibility index (Phi) is 5.78. The first-order chi connectivity index (χ1) is 11.4. The predicted molar refractivity (Wildman–Crippen MR) is 90.2 cm³/mol. The smallest absolute Gasteiger partial charge is 0.312 e. The lowest BCUT2D eigenvalue weighted by atomic mass is 10.1. The summed E-state index contributed by atoms with van der Waals surface area (Å²) in [5.74, 6) is -0.117. The number of primary amides is 1. The summed E-state index contributed by atoms with van der Waals surface area (Å²) in [6.07, 6.45) is 0.369. The molecule has 0 bridgehead atoms. The van der Waals surface area contributed by atoms with Crippen LogP contribution in [0.2, 0.25) is 0 Å². The minimum absolute atomic E-state index is 0.0641. The highest BCUT2D eigenvalue weighted by Crippen LogP contribution is 2.09. The van der Waals surface area contributed by atoms with Crippen molar-refractivity contribution in [1.29, 1.82) is 0 Å². The lowest BCUT2D eigenvalue weighted by Crippen LogP contribution is -2.55. The molecule has 1 aromatic carbocycles. The van der Waals surface area contributed by atoms with Crippen LogP contribution in [0.1, 0.15) is 18.1 Å². The van der Waals surface area contributed by atoms with Crippen molar-refractivity contribution in [1.82, 2.24) is 15.1 Å². The zero-order valence-corrected chi connectivity index (χ0v) is 14.1. The zero-order valence-electron chi connectivity index (χ0n) is 14.1. The molecule has 1 saturated heterocycles. The number of piperazine rings is 1. The van der Waals surface area contributed by atoms with Crippen molar-refractivity contribution in [3.05, 3.63) is 35.4 Å². The first kappa shape index (κ1) is 17.8. The molecule has 7 heteroatoms. The van der Waals surface area contributed by atoms with Crippen molar-refractivity contribution in [3.8, 4) is 0 Å². The third-order valence-corrected chi connectivity index (χ3v) is 4.15. The lowest BCUT2D eigenvalue weighted by molar-refractivity contribution is -0.140. The zero-order chi connectivity index (χ0) is 17.7. The Hall–Kier alpha value is -2.57. The van der Waals surface area contributed by atoms with Gasteiger partial charge in [-0.1, -0.05) is 29.8 Å². The van der Waals surface area contributed by atoms with E-state index >= 15 is 0 Å². The van der Waals surface area contributed by atoms with Crippen LogP contribution in [0.5, 0.6) is 0 Å². The van der Waals surface area contributed by atoms with Gasteiger partial charge in [-0.05, 0) is 19.4 Å². The Morgan fingerprint density at radius 2 is 1.62 bits per heavy atom. The highest BCUT2D eigenvalue weighted by Gasteiger charge is 2.27. The molecule has 7 nitrogen and oxygen atoms in total. The Morgan fingerprint density at radius 1 is 1.08 bits per heavy atom. The maximum Gasteiger partial charge on any atom is 0.312 e. The predicted octanol–water partition coefficient (Wildman–Crippen LogP) is 0.265. The van der Waals surface area contributed by atoms with Gasteiger partial charge < -0.3 is 20.9 Å². The van der Waals surface area contributed by atoms with E-state index in [0.717, 1.165) is 11.1 Å². The second-order valence-corrected chi connectivity index (χ2v) is 6.10. The molecule has 4 amide bonds. The average Bonchev–Trinajstić information content (AvgIpc) is 2.55. The fourth-order valence-corrected chi connectivity index (χ4v) is 2.72. The van der Waals surface area contributed by atoms with E-state index in [4.69, 9.17) is 5.73 Å². The number of urea groups is 1. The second kappa shape index (κ2) is 7.81. The number of nitrogens with zero attached hydrogens (tertiary/aromatic N) is 2. The number of carbonyl (C=O) groups excluding carboxylic acids is 3. The molecule has 1 atom stereocenters. The molecule has 1 unspecified atom stereocenters. The monoisotopic (exact) mass is 332 g/mol. The van der Waals surface area contributed by atoms with Crippen LogP contribution in [-0.2, 0) is 16.0 Å². The summed E-state index contributed by atoms with van der Waals surface area (Å²) in [6.45, 7) is 5.53. The van der Waals surface area contributed by atoms with E-state index in [1.54, 1.807) is 16.7 Å². The SMILES string of the molecule is Cc1ccc(CC(=O)N2CCN(C(=O)C(C)NC(N)=O)CC2)cc1. The van der Waals surface area contributed by atoms with Gasteiger partial charge in [0.2, 0.25) is 11.8 Å². The van der Waals surface area contributed by atoms with Gasteiger partial charge in [-0.3, -0.25) is 9.59 Å². The van der Waals surface area contributed by atoms with Gasteiger partial charge in [0, 0.05) is 26.2 Å². The first-order valence-corrected chi connectivity index (χ1v) is 8.05. The van der Waals surface area contributed by atoms with Gasteiger partial charge in [0.1, 0.15) is 6.04 Å². The van der Waals surface area contributed by atoms with Gasteiger partial charge in [0.25, 0.3) is 0 Å². The Morgan fingerprint density at radius 3 is 2.17 bits per heavy atom. The normalized spacial score (nSPS) is 15.8. The second-order valence-electron chi connectivity index (χ2n) is 6.10. The minimum atomic E-state index is -0.720. The van der Waals surface area contributed by atoms with E-state index in [1.807, 2.05) is 31.2 Å². The molecule has 130 valence electrons. The fraction of sp³-hybridized carbons (Fsp3) is 0.471. The van der Waals surface area contributed by atoms with Gasteiger partial charge in [0.05, 0.1) is 6.42 Å². The summed E-state index contributed by atoms with van der Waals surface area (Å²) in [4.78, 5) is 38.8. The van der Waals surface area contributed by atoms with E-state index in [1.165, 1.54) is 0 Å². The van der Waals surface area contributed by atoms with Crippen molar-refractivity contribution >= 4 is 17.8 Å². The number of aryl methyl sites for hydroxylation is 1. The molecule has 0 aromatic heterocycles. The Bertz CT molecular complexity index is 607. The van der Waals surface area contributed by atoms with Crippen molar-refractivity contribution in [2.75, 3.05) is 26.2 Å². The molecule has 1 aliphatic rings. The van der Waals surface area contributed by atoms with Crippen LogP contribution in [0, 0.1) is 6.92 Å². The molecule has 1 aliphatic heterocycles. The van der Waals surface area contributed by atoms with E-state index in [2.05, 4.69) is 5.32 Å². The van der Waals surface area contributed by atoms with Gasteiger partial charge >= 0.3 is 6.03 Å². The molecule has 0 aliphatic carbocycles. The molecule has 0 radical (unpaired) electrons. The van der Waals surface area contributed by atoms with Crippen molar-refractivity contribution in [2.24, 2.45) is 5.73 Å². The van der Waals surface area contributed by atoms with Crippen LogP contribution in [0.4, 0.5) is 4.79 Å². The summed E-state index contributed by atoms with van der Waals surface area (Å²) in [5, 5.41) is 2.38. The maximum atomic E-state index is 12.4. The Labute approximate surface area is 141 Å². The lowest BCUT2D eigenvalue weighted by Gasteiger charge is -2.36. The molecule has 24 heavy (non-hydrogen) atoms. The van der Waals surface area contributed by atoms with Crippen molar-refractivity contribution in [3.63, 3.8) is 0 Å². The molecule has 1 fully saturated rings. The number of hydrogen-bond acceptors (Lipinski definition) is 3. The summed E-state index contributed by atoms with van der Waals surface area (Å²) in [6, 6.07) is 6.53. The van der Waals surface area contributed by atoms with Gasteiger partial charge in [-0.2, -0.15) is 0 Å². The number of carbonyl (C=O) groups is 3. The molecular weight excluding hydrogens is 308 g/mol. The molecule has 3 N–H and O–H groups in total. The third-order valence-electron chi connectivity index (χ3n) is 4.15. The molecule has 2 rings (SSSR count). The largest absolute Gasteiger partial charge is 0.352 e. The minimum Gasteiger partial charge on any atom is -0.352 e. The van der Waals surface area contributed by atoms with Crippen LogP contribution >= 0.6 is 0 Å². The van der Waals surface area contributed by atoms with Gasteiger partial charge in [-0.25, -0.2) is 4.79 Å². The molecule has 1 aromatic rings. The number of amides is 4. The third kappa shape index (κ3) is 4.71. The van der Waals surface area contributed by atoms with Crippen LogP contribution < -0.4 is 11.1 Å². The van der Waals surface area contributed by atoms with Gasteiger partial charge in [0.15, 0.2) is 0 Å². The molecule has 1 heterocycles. The summed E-state index contributed by atoms with van der Waals surface area (Å²) < 4.78 is 0. The standard InChI is InChI=1S/C17H24N4O3/c1-12-3-5-14(6-4-12)11-15(22)20-7-9-21(10-8-20)16(23)13(2)19-17(18)24/h3-6,13H,7-11H2,1-2H3,(H3,18,19,24). The highest BCUT2D eigenvalue weighted by molar-refractivity contribution is 5.86. The number of nitrogens with two attached hydrogens (primary N) is 1. The topological polar surface area (TPSA) is 95.7 Å². The average molecular weight is 332 g/mol. The van der Waals surface area contributed by atoms with Crippen LogP contribution in [0.15, 0.2) is 24.3 Å². The summed E-state index contributed by atoms with van der Waals surface area (Å²) >= 11 is 0. The van der Waals surface area contributed by atoms with Crippen LogP contribution in [-0.4, -0.2) is 59.9 Å². The molecule has 0 spiro atoms. The quantitative estimate of drug-likeness (QED) is 0.828. The first-order valence-electron chi connectivity index (χ1n) is 8.05. The number of rotatable bonds is 4. The fourth-order valence-electron chi connectivity index (χ4n) is 2.72. The van der Waals surface area contributed by atoms with Crippen LogP contribution in [0.3, 0.4) is 0 Å². The van der Waals surface area contributed by atoms with Crippen LogP contribution in [0.25, 0.3) is 0 Å². The molecule has 0 saturated carbocycles. The maximum absolute atomic E-state index is 12.4. The van der Waals surface area contributed by atoms with Crippen molar-refractivity contribution < 1.29 is 14.4 Å². The number of hydrogen-bond donors (Lipinski definition) is 2. The van der Waals surface area contributed by atoms with E-state index < -0.39 is 12.1 Å². The molecular formula is C17H24N4O3. The van der Waals surface area contributed by atoms with E-state index in [0.29, 0.717) is 32.6 Å². The number of benzene rings is 1. The van der Waals surface area contributed by atoms with E-state index in [9.17, 15) is 14.4 Å². The number of nitrogens with one attached hydrogen (secondary N) is 1. The summed E-state index contributed by atoms with van der Waals surface area (Å²) in [5.41, 5.74) is 7.18. The van der Waals surface area contributed by atoms with E-state index in [-0.39, 0.29) is 11.8 Å². The Balaban J connectivity index is 1.83.